The van der Waals surface area contributed by atoms with Crippen LogP contribution in [0, 0.1) is 20.8 Å². The highest BCUT2D eigenvalue weighted by molar-refractivity contribution is 7.03. The lowest BCUT2D eigenvalue weighted by atomic mass is 9.94. The molecule has 0 bridgehead atoms. The highest BCUT2D eigenvalue weighted by Crippen LogP contribution is 2.20. The van der Waals surface area contributed by atoms with E-state index in [9.17, 15) is 0 Å². The van der Waals surface area contributed by atoms with Crippen LogP contribution in [0.25, 0.3) is 0 Å². The SMILES string of the molecule is CC(C)(C)c1csnn1.Cc1cc(C)n(C(C)(C)C)n1.Cc1nc(C(C)(C)C)no1. The fourth-order valence-corrected chi connectivity index (χ4v) is 3.09. The van der Waals surface area contributed by atoms with Gasteiger partial charge in [0.05, 0.1) is 16.9 Å². The number of hydrogen-bond donors (Lipinski definition) is 0. The van der Waals surface area contributed by atoms with E-state index in [-0.39, 0.29) is 16.4 Å². The van der Waals surface area contributed by atoms with E-state index in [4.69, 9.17) is 4.52 Å². The zero-order valence-electron chi connectivity index (χ0n) is 20.7. The Labute approximate surface area is 185 Å². The molecule has 0 saturated carbocycles. The molecule has 3 aromatic rings. The van der Waals surface area contributed by atoms with Gasteiger partial charge in [-0.25, -0.2) is 0 Å². The number of aryl methyl sites for hydroxylation is 3. The highest BCUT2D eigenvalue weighted by atomic mass is 32.1. The van der Waals surface area contributed by atoms with Crippen molar-refractivity contribution < 1.29 is 4.52 Å². The topological polar surface area (TPSA) is 82.5 Å². The van der Waals surface area contributed by atoms with E-state index in [1.165, 1.54) is 17.2 Å². The monoisotopic (exact) mass is 434 g/mol. The van der Waals surface area contributed by atoms with E-state index in [1.807, 2.05) is 12.3 Å². The Morgan fingerprint density at radius 3 is 1.70 bits per heavy atom. The Hall–Kier alpha value is -2.09. The third-order valence-corrected chi connectivity index (χ3v) is 4.48. The summed E-state index contributed by atoms with van der Waals surface area (Å²) in [7, 11) is 0. The third kappa shape index (κ3) is 8.34. The van der Waals surface area contributed by atoms with E-state index in [0.717, 1.165) is 17.2 Å². The summed E-state index contributed by atoms with van der Waals surface area (Å²) in [5.41, 5.74) is 3.67. The molecule has 7 nitrogen and oxygen atoms in total. The predicted molar refractivity (Wildman–Crippen MR) is 123 cm³/mol. The van der Waals surface area contributed by atoms with Crippen LogP contribution in [0.5, 0.6) is 0 Å². The zero-order valence-corrected chi connectivity index (χ0v) is 21.5. The molecule has 3 heterocycles. The molecule has 168 valence electrons. The average Bonchev–Trinajstić information content (AvgIpc) is 3.27. The van der Waals surface area contributed by atoms with Gasteiger partial charge in [-0.3, -0.25) is 4.68 Å². The molecule has 0 fully saturated rings. The van der Waals surface area contributed by atoms with Gasteiger partial charge in [-0.15, -0.1) is 5.10 Å². The summed E-state index contributed by atoms with van der Waals surface area (Å²) < 4.78 is 10.7. The molecule has 0 aliphatic rings. The molecule has 0 aromatic carbocycles. The number of nitrogens with zero attached hydrogens (tertiary/aromatic N) is 6. The fourth-order valence-electron chi connectivity index (χ4n) is 2.40. The van der Waals surface area contributed by atoms with Gasteiger partial charge in [0.25, 0.3) is 0 Å². The van der Waals surface area contributed by atoms with Crippen molar-refractivity contribution in [2.75, 3.05) is 0 Å². The normalized spacial score (nSPS) is 12.0. The summed E-state index contributed by atoms with van der Waals surface area (Å²) in [6, 6.07) is 2.10. The molecule has 0 unspecified atom stereocenters. The summed E-state index contributed by atoms with van der Waals surface area (Å²) in [6.07, 6.45) is 0. The maximum atomic E-state index is 4.83. The average molecular weight is 435 g/mol. The van der Waals surface area contributed by atoms with E-state index < -0.39 is 0 Å². The van der Waals surface area contributed by atoms with Gasteiger partial charge in [0.2, 0.25) is 5.89 Å². The van der Waals surface area contributed by atoms with Crippen molar-refractivity contribution in [1.82, 2.24) is 29.5 Å². The van der Waals surface area contributed by atoms with Gasteiger partial charge in [0, 0.05) is 28.8 Å². The Kier molecular flexibility index (Phi) is 8.49. The summed E-state index contributed by atoms with van der Waals surface area (Å²) in [5, 5.41) is 14.1. The second-order valence-electron chi connectivity index (χ2n) is 10.4. The van der Waals surface area contributed by atoms with Gasteiger partial charge >= 0.3 is 0 Å². The minimum absolute atomic E-state index is 0.00222. The smallest absolute Gasteiger partial charge is 0.223 e. The molecule has 3 aromatic heterocycles. The molecule has 30 heavy (non-hydrogen) atoms. The molecule has 0 amide bonds. The second-order valence-corrected chi connectivity index (χ2v) is 11.0. The Bertz CT molecular complexity index is 890. The zero-order chi connectivity index (χ0) is 23.3. The Morgan fingerprint density at radius 1 is 0.900 bits per heavy atom. The first kappa shape index (κ1) is 25.9. The molecule has 0 N–H and O–H groups in total. The third-order valence-electron chi connectivity index (χ3n) is 3.97. The molecule has 0 radical (unpaired) electrons. The van der Waals surface area contributed by atoms with E-state index in [0.29, 0.717) is 5.89 Å². The Morgan fingerprint density at radius 2 is 1.50 bits per heavy atom. The van der Waals surface area contributed by atoms with Gasteiger partial charge in [-0.05, 0) is 52.2 Å². The van der Waals surface area contributed by atoms with Crippen LogP contribution in [0.2, 0.25) is 0 Å². The first-order valence-electron chi connectivity index (χ1n) is 10.1. The lowest BCUT2D eigenvalue weighted by Crippen LogP contribution is -2.24. The Balaban J connectivity index is 0.000000226. The fraction of sp³-hybridized carbons (Fsp3) is 0.682. The molecule has 3 rings (SSSR count). The van der Waals surface area contributed by atoms with Crippen LogP contribution in [0.4, 0.5) is 0 Å². The lowest BCUT2D eigenvalue weighted by Gasteiger charge is -2.21. The number of rotatable bonds is 0. The predicted octanol–water partition coefficient (Wildman–Crippen LogP) is 5.77. The van der Waals surface area contributed by atoms with Crippen LogP contribution in [-0.2, 0) is 16.4 Å². The molecule has 0 aliphatic carbocycles. The van der Waals surface area contributed by atoms with Gasteiger partial charge in [0.15, 0.2) is 5.82 Å². The van der Waals surface area contributed by atoms with Crippen molar-refractivity contribution in [2.24, 2.45) is 0 Å². The molecular weight excluding hydrogens is 396 g/mol. The van der Waals surface area contributed by atoms with Crippen molar-refractivity contribution in [3.63, 3.8) is 0 Å². The van der Waals surface area contributed by atoms with E-state index in [1.54, 1.807) is 6.92 Å². The molecule has 0 aliphatic heterocycles. The molecule has 0 atom stereocenters. The largest absolute Gasteiger partial charge is 0.340 e. The van der Waals surface area contributed by atoms with Crippen molar-refractivity contribution in [1.29, 1.82) is 0 Å². The highest BCUT2D eigenvalue weighted by Gasteiger charge is 2.19. The van der Waals surface area contributed by atoms with Gasteiger partial charge < -0.3 is 4.52 Å². The summed E-state index contributed by atoms with van der Waals surface area (Å²) in [4.78, 5) is 4.10. The number of hydrogen-bond acceptors (Lipinski definition) is 7. The van der Waals surface area contributed by atoms with Crippen LogP contribution in [0.3, 0.4) is 0 Å². The maximum Gasteiger partial charge on any atom is 0.223 e. The van der Waals surface area contributed by atoms with Crippen molar-refractivity contribution in [3.8, 4) is 0 Å². The summed E-state index contributed by atoms with van der Waals surface area (Å²) in [5.74, 6) is 1.40. The van der Waals surface area contributed by atoms with Gasteiger partial charge in [-0.2, -0.15) is 10.1 Å². The van der Waals surface area contributed by atoms with Crippen molar-refractivity contribution in [2.45, 2.75) is 99.5 Å². The van der Waals surface area contributed by atoms with E-state index >= 15 is 0 Å². The summed E-state index contributed by atoms with van der Waals surface area (Å²) >= 11 is 1.41. The lowest BCUT2D eigenvalue weighted by molar-refractivity contribution is 0.346. The van der Waals surface area contributed by atoms with E-state index in [2.05, 4.69) is 105 Å². The first-order valence-corrected chi connectivity index (χ1v) is 11.0. The van der Waals surface area contributed by atoms with Crippen molar-refractivity contribution in [3.05, 3.63) is 40.2 Å². The molecular formula is C22H38N6OS. The second kappa shape index (κ2) is 9.81. The standard InChI is InChI=1S/C9H16N2.C7H12N2O.C6H10N2S/c1-7-6-8(2)11(10-7)9(3,4)5;1-5-8-6(9-10-5)7(2,3)4;1-6(2,3)5-4-9-8-7-5/h6H,1-5H3;1-4H3;4H,1-3H3. The van der Waals surface area contributed by atoms with Gasteiger partial charge in [0.1, 0.15) is 0 Å². The summed E-state index contributed by atoms with van der Waals surface area (Å²) in [6.45, 7) is 24.9. The molecule has 8 heteroatoms. The van der Waals surface area contributed by atoms with Crippen LogP contribution in [-0.4, -0.2) is 29.5 Å². The van der Waals surface area contributed by atoms with Crippen LogP contribution < -0.4 is 0 Å². The molecule has 0 spiro atoms. The van der Waals surface area contributed by atoms with Crippen LogP contribution in [0.1, 0.15) is 91.1 Å². The minimum atomic E-state index is -0.00222. The van der Waals surface area contributed by atoms with Crippen LogP contribution in [0.15, 0.2) is 16.0 Å². The number of aromatic nitrogens is 6. The first-order chi connectivity index (χ1) is 13.5. The maximum absolute atomic E-state index is 4.83. The van der Waals surface area contributed by atoms with Crippen molar-refractivity contribution >= 4 is 11.5 Å². The van der Waals surface area contributed by atoms with Crippen LogP contribution >= 0.6 is 11.5 Å². The van der Waals surface area contributed by atoms with Gasteiger partial charge in [-0.1, -0.05) is 51.2 Å². The molecule has 0 saturated heterocycles. The minimum Gasteiger partial charge on any atom is -0.340 e. The quantitative estimate of drug-likeness (QED) is 0.447.